The molecule has 4 N–H and O–H groups in total. The normalized spacial score (nSPS) is 10.1. The van der Waals surface area contributed by atoms with Crippen LogP contribution < -0.4 is 0 Å². The highest BCUT2D eigenvalue weighted by atomic mass is 16.4. The van der Waals surface area contributed by atoms with Crippen LogP contribution in [0.15, 0.2) is 72.8 Å². The summed E-state index contributed by atoms with van der Waals surface area (Å²) in [5.74, 6) is -4.03. The van der Waals surface area contributed by atoms with E-state index in [1.807, 2.05) is 12.2 Å². The van der Waals surface area contributed by atoms with Gasteiger partial charge in [-0.25, -0.2) is 19.2 Å². The zero-order valence-electron chi connectivity index (χ0n) is 16.5. The maximum absolute atomic E-state index is 10.7. The van der Waals surface area contributed by atoms with E-state index < -0.39 is 23.9 Å². The summed E-state index contributed by atoms with van der Waals surface area (Å²) >= 11 is 0. The van der Waals surface area contributed by atoms with E-state index in [-0.39, 0.29) is 22.3 Å². The Morgan fingerprint density at radius 3 is 0.781 bits per heavy atom. The summed E-state index contributed by atoms with van der Waals surface area (Å²) in [5, 5.41) is 34.5. The number of benzene rings is 3. The summed E-state index contributed by atoms with van der Waals surface area (Å²) in [6, 6.07) is 18.0. The molecule has 8 nitrogen and oxygen atoms in total. The van der Waals surface area contributed by atoms with E-state index in [1.165, 1.54) is 48.5 Å². The zero-order chi connectivity index (χ0) is 23.7. The fraction of sp³-hybridized carbons (Fsp3) is 0. The minimum atomic E-state index is -1.06. The van der Waals surface area contributed by atoms with E-state index in [1.54, 1.807) is 24.3 Å². The molecule has 0 aromatic heterocycles. The summed E-state index contributed by atoms with van der Waals surface area (Å²) in [6.07, 6.45) is 3.67. The van der Waals surface area contributed by atoms with E-state index in [0.717, 1.165) is 11.1 Å². The number of carbonyl (C=O) groups is 4. The number of hydrogen-bond donors (Lipinski definition) is 4. The van der Waals surface area contributed by atoms with Gasteiger partial charge in [0.05, 0.1) is 22.3 Å². The van der Waals surface area contributed by atoms with Gasteiger partial charge < -0.3 is 20.4 Å². The smallest absolute Gasteiger partial charge is 0.335 e. The van der Waals surface area contributed by atoms with Crippen LogP contribution in [0.4, 0.5) is 0 Å². The van der Waals surface area contributed by atoms with Crippen molar-refractivity contribution in [2.75, 3.05) is 0 Å². The van der Waals surface area contributed by atoms with E-state index >= 15 is 0 Å². The van der Waals surface area contributed by atoms with Crippen molar-refractivity contribution in [1.29, 1.82) is 0 Å². The van der Waals surface area contributed by atoms with E-state index in [9.17, 15) is 19.2 Å². The largest absolute Gasteiger partial charge is 0.478 e. The SMILES string of the molecule is O=C(O)c1ccc(C(=O)O)cc1.O=C(O)c1ccc(C=Cc2ccc(C(=O)O)cc2)cc1. The third kappa shape index (κ3) is 6.96. The molecule has 0 radical (unpaired) electrons. The minimum Gasteiger partial charge on any atom is -0.478 e. The van der Waals surface area contributed by atoms with Gasteiger partial charge in [-0.3, -0.25) is 0 Å². The lowest BCUT2D eigenvalue weighted by Gasteiger charge is -1.97. The fourth-order valence-corrected chi connectivity index (χ4v) is 2.42. The molecule has 3 aromatic carbocycles. The maximum atomic E-state index is 10.7. The molecule has 0 fully saturated rings. The number of carboxylic acid groups (broad SMARTS) is 4. The van der Waals surface area contributed by atoms with Crippen LogP contribution in [-0.4, -0.2) is 44.3 Å². The first-order valence-electron chi connectivity index (χ1n) is 9.09. The predicted molar refractivity (Wildman–Crippen MR) is 116 cm³/mol. The minimum absolute atomic E-state index is 0.0833. The van der Waals surface area contributed by atoms with Gasteiger partial charge in [-0.1, -0.05) is 36.4 Å². The Bertz CT molecular complexity index is 1050. The van der Waals surface area contributed by atoms with Crippen LogP contribution in [0.5, 0.6) is 0 Å². The highest BCUT2D eigenvalue weighted by Gasteiger charge is 2.05. The van der Waals surface area contributed by atoms with Crippen molar-refractivity contribution in [3.63, 3.8) is 0 Å². The molecule has 0 aliphatic carbocycles. The highest BCUT2D eigenvalue weighted by molar-refractivity contribution is 5.91. The van der Waals surface area contributed by atoms with Gasteiger partial charge in [-0.05, 0) is 59.7 Å². The van der Waals surface area contributed by atoms with Crippen LogP contribution in [0, 0.1) is 0 Å². The van der Waals surface area contributed by atoms with Gasteiger partial charge in [0.15, 0.2) is 0 Å². The van der Waals surface area contributed by atoms with Crippen molar-refractivity contribution in [3.05, 3.63) is 106 Å². The van der Waals surface area contributed by atoms with Crippen molar-refractivity contribution < 1.29 is 39.6 Å². The molecule has 8 heteroatoms. The van der Waals surface area contributed by atoms with Gasteiger partial charge in [-0.2, -0.15) is 0 Å². The second-order valence-electron chi connectivity index (χ2n) is 6.38. The Hall–Kier alpha value is -4.72. The number of rotatable bonds is 6. The number of hydrogen-bond acceptors (Lipinski definition) is 4. The fourth-order valence-electron chi connectivity index (χ4n) is 2.42. The molecule has 0 heterocycles. The van der Waals surface area contributed by atoms with Crippen molar-refractivity contribution in [2.45, 2.75) is 0 Å². The Morgan fingerprint density at radius 2 is 0.594 bits per heavy atom. The van der Waals surface area contributed by atoms with Crippen LogP contribution in [-0.2, 0) is 0 Å². The van der Waals surface area contributed by atoms with Crippen molar-refractivity contribution in [3.8, 4) is 0 Å². The predicted octanol–water partition coefficient (Wildman–Crippen LogP) is 4.34. The molecule has 32 heavy (non-hydrogen) atoms. The topological polar surface area (TPSA) is 149 Å². The quantitative estimate of drug-likeness (QED) is 0.419. The van der Waals surface area contributed by atoms with Crippen molar-refractivity contribution >= 4 is 36.0 Å². The molecule has 0 aliphatic heterocycles. The summed E-state index contributed by atoms with van der Waals surface area (Å²) < 4.78 is 0. The monoisotopic (exact) mass is 434 g/mol. The molecule has 0 atom stereocenters. The van der Waals surface area contributed by atoms with Gasteiger partial charge in [-0.15, -0.1) is 0 Å². The lowest BCUT2D eigenvalue weighted by Crippen LogP contribution is -1.99. The molecule has 0 unspecified atom stereocenters. The van der Waals surface area contributed by atoms with Crippen LogP contribution in [0.1, 0.15) is 52.6 Å². The molecular formula is C24H18O8. The lowest BCUT2D eigenvalue weighted by molar-refractivity contribution is 0.0681. The van der Waals surface area contributed by atoms with Crippen LogP contribution >= 0.6 is 0 Å². The van der Waals surface area contributed by atoms with E-state index in [0.29, 0.717) is 0 Å². The summed E-state index contributed by atoms with van der Waals surface area (Å²) in [7, 11) is 0. The average molecular weight is 434 g/mol. The molecular weight excluding hydrogens is 416 g/mol. The molecule has 0 aliphatic rings. The standard InChI is InChI=1S/C16H12O4.C8H6O4/c17-15(18)13-7-3-11(4-8-13)1-2-12-5-9-14(10-6-12)16(19)20;9-7(10)5-1-2-6(4-3-5)8(11)12/h1-10H,(H,17,18)(H,19,20);1-4H,(H,9,10)(H,11,12). The number of carboxylic acids is 4. The molecule has 0 amide bonds. The lowest BCUT2D eigenvalue weighted by atomic mass is 10.1. The molecule has 3 aromatic rings. The summed E-state index contributed by atoms with van der Waals surface area (Å²) in [4.78, 5) is 42.1. The van der Waals surface area contributed by atoms with E-state index in [4.69, 9.17) is 20.4 Å². The van der Waals surface area contributed by atoms with Crippen molar-refractivity contribution in [1.82, 2.24) is 0 Å². The second kappa shape index (κ2) is 10.9. The first kappa shape index (κ1) is 23.6. The first-order chi connectivity index (χ1) is 15.2. The van der Waals surface area contributed by atoms with Crippen LogP contribution in [0.2, 0.25) is 0 Å². The van der Waals surface area contributed by atoms with Gasteiger partial charge in [0.2, 0.25) is 0 Å². The van der Waals surface area contributed by atoms with Crippen molar-refractivity contribution in [2.24, 2.45) is 0 Å². The number of aromatic carboxylic acids is 4. The molecule has 0 spiro atoms. The van der Waals surface area contributed by atoms with E-state index in [2.05, 4.69) is 0 Å². The van der Waals surface area contributed by atoms with Gasteiger partial charge in [0.25, 0.3) is 0 Å². The molecule has 0 saturated carbocycles. The summed E-state index contributed by atoms with van der Waals surface area (Å²) in [5.41, 5.74) is 2.40. The third-order valence-electron chi connectivity index (χ3n) is 4.16. The average Bonchev–Trinajstić information content (AvgIpc) is 2.78. The summed E-state index contributed by atoms with van der Waals surface area (Å²) in [6.45, 7) is 0. The molecule has 0 saturated heterocycles. The first-order valence-corrected chi connectivity index (χ1v) is 9.09. The third-order valence-corrected chi connectivity index (χ3v) is 4.16. The Labute approximate surface area is 182 Å². The highest BCUT2D eigenvalue weighted by Crippen LogP contribution is 2.11. The Morgan fingerprint density at radius 1 is 0.406 bits per heavy atom. The van der Waals surface area contributed by atoms with Crippen LogP contribution in [0.25, 0.3) is 12.2 Å². The molecule has 162 valence electrons. The van der Waals surface area contributed by atoms with Crippen LogP contribution in [0.3, 0.4) is 0 Å². The second-order valence-corrected chi connectivity index (χ2v) is 6.38. The maximum Gasteiger partial charge on any atom is 0.335 e. The molecule has 3 rings (SSSR count). The van der Waals surface area contributed by atoms with Gasteiger partial charge in [0.1, 0.15) is 0 Å². The molecule has 0 bridgehead atoms. The zero-order valence-corrected chi connectivity index (χ0v) is 16.5. The van der Waals surface area contributed by atoms with Gasteiger partial charge >= 0.3 is 23.9 Å². The Balaban J connectivity index is 0.000000258. The Kier molecular flexibility index (Phi) is 8.01. The van der Waals surface area contributed by atoms with Gasteiger partial charge in [0, 0.05) is 0 Å².